The number of aromatic nitrogens is 4. The first-order chi connectivity index (χ1) is 15.4. The summed E-state index contributed by atoms with van der Waals surface area (Å²) in [5.74, 6) is -0.472. The van der Waals surface area contributed by atoms with E-state index < -0.39 is 15.8 Å². The Hall–Kier alpha value is -3.92. The minimum atomic E-state index is -4.06. The number of anilines is 1. The van der Waals surface area contributed by atoms with Crippen LogP contribution in [0.25, 0.3) is 28.1 Å². The molecule has 0 aliphatic heterocycles. The van der Waals surface area contributed by atoms with E-state index in [1.54, 1.807) is 28.7 Å². The van der Waals surface area contributed by atoms with Gasteiger partial charge in [0.1, 0.15) is 11.6 Å². The average molecular weight is 451 g/mol. The van der Waals surface area contributed by atoms with E-state index in [1.165, 1.54) is 31.3 Å². The number of halogens is 2. The molecule has 160 valence electrons. The summed E-state index contributed by atoms with van der Waals surface area (Å²) in [7, 11) is -2.71. The topological polar surface area (TPSA) is 80.5 Å². The smallest absolute Gasteiger partial charge is 0.265 e. The molecular formula is C22H15F2N5O2S. The Morgan fingerprint density at radius 1 is 0.844 bits per heavy atom. The number of rotatable bonds is 4. The first-order valence-electron chi connectivity index (χ1n) is 9.50. The summed E-state index contributed by atoms with van der Waals surface area (Å²) in [5, 5.41) is 8.43. The van der Waals surface area contributed by atoms with E-state index in [1.807, 2.05) is 12.1 Å². The molecule has 0 spiro atoms. The normalized spacial score (nSPS) is 11.8. The summed E-state index contributed by atoms with van der Waals surface area (Å²) in [6, 6.07) is 17.4. The minimum absolute atomic E-state index is 0.0499. The van der Waals surface area contributed by atoms with Gasteiger partial charge in [-0.1, -0.05) is 12.1 Å². The summed E-state index contributed by atoms with van der Waals surface area (Å²) in [6.07, 6.45) is 0. The Bertz CT molecular complexity index is 1570. The van der Waals surface area contributed by atoms with Crippen LogP contribution in [-0.4, -0.2) is 35.0 Å². The lowest BCUT2D eigenvalue weighted by atomic mass is 10.2. The zero-order valence-electron chi connectivity index (χ0n) is 16.6. The second kappa shape index (κ2) is 7.34. The highest BCUT2D eigenvalue weighted by Gasteiger charge is 2.27. The second-order valence-electron chi connectivity index (χ2n) is 7.04. The number of benzene rings is 3. The lowest BCUT2D eigenvalue weighted by Crippen LogP contribution is -2.28. The molecule has 7 nitrogen and oxygen atoms in total. The third kappa shape index (κ3) is 3.16. The van der Waals surface area contributed by atoms with Crippen molar-refractivity contribution in [2.45, 2.75) is 4.90 Å². The molecule has 10 heteroatoms. The van der Waals surface area contributed by atoms with Gasteiger partial charge in [-0.05, 0) is 60.7 Å². The van der Waals surface area contributed by atoms with Gasteiger partial charge in [-0.2, -0.15) is 0 Å². The maximum atomic E-state index is 13.4. The molecule has 0 N–H and O–H groups in total. The first-order valence-corrected chi connectivity index (χ1v) is 10.9. The van der Waals surface area contributed by atoms with Crippen molar-refractivity contribution in [2.24, 2.45) is 0 Å². The van der Waals surface area contributed by atoms with Crippen molar-refractivity contribution in [1.29, 1.82) is 0 Å². The molecule has 2 heterocycles. The summed E-state index contributed by atoms with van der Waals surface area (Å²) < 4.78 is 55.8. The Labute approximate surface area is 181 Å². The standard InChI is InChI=1S/C22H15F2N5O2S/c1-28(32(30,31)17-12-10-16(24)11-13-17)21-22-27-26-20(14-6-8-15(23)9-7-14)29(22)19-5-3-2-4-18(19)25-21/h2-13H,1H3. The van der Waals surface area contributed by atoms with Gasteiger partial charge in [0.2, 0.25) is 5.65 Å². The van der Waals surface area contributed by atoms with Crippen molar-refractivity contribution in [3.05, 3.63) is 84.4 Å². The monoisotopic (exact) mass is 451 g/mol. The van der Waals surface area contributed by atoms with Gasteiger partial charge in [0.25, 0.3) is 10.0 Å². The van der Waals surface area contributed by atoms with Crippen molar-refractivity contribution in [2.75, 3.05) is 11.4 Å². The van der Waals surface area contributed by atoms with Gasteiger partial charge >= 0.3 is 0 Å². The Balaban J connectivity index is 1.76. The highest BCUT2D eigenvalue weighted by molar-refractivity contribution is 7.92. The quantitative estimate of drug-likeness (QED) is 0.412. The third-order valence-corrected chi connectivity index (χ3v) is 6.85. The lowest BCUT2D eigenvalue weighted by Gasteiger charge is -2.19. The molecule has 0 fully saturated rings. The number of hydrogen-bond acceptors (Lipinski definition) is 5. The molecule has 0 aliphatic carbocycles. The summed E-state index contributed by atoms with van der Waals surface area (Å²) in [6.45, 7) is 0. The van der Waals surface area contributed by atoms with Gasteiger partial charge in [0.15, 0.2) is 11.6 Å². The van der Waals surface area contributed by atoms with Gasteiger partial charge in [-0.15, -0.1) is 10.2 Å². The molecule has 0 amide bonds. The lowest BCUT2D eigenvalue weighted by molar-refractivity contribution is 0.592. The van der Waals surface area contributed by atoms with Crippen molar-refractivity contribution in [3.8, 4) is 11.4 Å². The van der Waals surface area contributed by atoms with Crippen LogP contribution < -0.4 is 4.31 Å². The number of fused-ring (bicyclic) bond motifs is 3. The molecule has 0 aliphatic rings. The van der Waals surface area contributed by atoms with E-state index >= 15 is 0 Å². The first kappa shape index (κ1) is 20.0. The van der Waals surface area contributed by atoms with E-state index in [0.717, 1.165) is 16.4 Å². The zero-order chi connectivity index (χ0) is 22.5. The Kier molecular flexibility index (Phi) is 4.59. The minimum Gasteiger partial charge on any atom is -0.270 e. The van der Waals surface area contributed by atoms with Crippen LogP contribution in [0, 0.1) is 11.6 Å². The van der Waals surface area contributed by atoms with Crippen molar-refractivity contribution < 1.29 is 17.2 Å². The van der Waals surface area contributed by atoms with Crippen molar-refractivity contribution >= 4 is 32.5 Å². The van der Waals surface area contributed by atoms with E-state index in [2.05, 4.69) is 15.2 Å². The highest BCUT2D eigenvalue weighted by Crippen LogP contribution is 2.30. The fraction of sp³-hybridized carbons (Fsp3) is 0.0455. The van der Waals surface area contributed by atoms with Crippen LogP contribution in [-0.2, 0) is 10.0 Å². The van der Waals surface area contributed by atoms with Crippen molar-refractivity contribution in [3.63, 3.8) is 0 Å². The van der Waals surface area contributed by atoms with Crippen LogP contribution in [0.3, 0.4) is 0 Å². The second-order valence-corrected chi connectivity index (χ2v) is 9.01. The van der Waals surface area contributed by atoms with Crippen LogP contribution in [0.2, 0.25) is 0 Å². The van der Waals surface area contributed by atoms with Crippen LogP contribution in [0.5, 0.6) is 0 Å². The van der Waals surface area contributed by atoms with E-state index in [9.17, 15) is 17.2 Å². The largest absolute Gasteiger partial charge is 0.270 e. The van der Waals surface area contributed by atoms with Gasteiger partial charge in [0, 0.05) is 12.6 Å². The molecule has 3 aromatic carbocycles. The number of hydrogen-bond donors (Lipinski definition) is 0. The molecule has 0 saturated carbocycles. The average Bonchev–Trinajstić information content (AvgIpc) is 3.24. The van der Waals surface area contributed by atoms with Gasteiger partial charge in [-0.3, -0.25) is 4.40 Å². The van der Waals surface area contributed by atoms with E-state index in [0.29, 0.717) is 22.4 Å². The van der Waals surface area contributed by atoms with Crippen LogP contribution in [0.1, 0.15) is 0 Å². The highest BCUT2D eigenvalue weighted by atomic mass is 32.2. The molecule has 0 saturated heterocycles. The molecule has 5 rings (SSSR count). The Morgan fingerprint density at radius 2 is 1.47 bits per heavy atom. The van der Waals surface area contributed by atoms with Gasteiger partial charge in [-0.25, -0.2) is 26.5 Å². The fourth-order valence-electron chi connectivity index (χ4n) is 3.44. The van der Waals surface area contributed by atoms with Crippen LogP contribution >= 0.6 is 0 Å². The van der Waals surface area contributed by atoms with Crippen LogP contribution in [0.15, 0.2) is 77.7 Å². The number of para-hydroxylation sites is 2. The summed E-state index contributed by atoms with van der Waals surface area (Å²) in [5.41, 5.74) is 1.98. The summed E-state index contributed by atoms with van der Waals surface area (Å²) >= 11 is 0. The van der Waals surface area contributed by atoms with Crippen molar-refractivity contribution in [1.82, 2.24) is 19.6 Å². The predicted octanol–water partition coefficient (Wildman–Crippen LogP) is 4.05. The maximum Gasteiger partial charge on any atom is 0.265 e. The van der Waals surface area contributed by atoms with Gasteiger partial charge in [0.05, 0.1) is 15.9 Å². The Morgan fingerprint density at radius 3 is 2.16 bits per heavy atom. The SMILES string of the molecule is CN(c1nc2ccccc2n2c(-c3ccc(F)cc3)nnc12)S(=O)(=O)c1ccc(F)cc1. The predicted molar refractivity (Wildman–Crippen MR) is 116 cm³/mol. The van der Waals surface area contributed by atoms with Gasteiger partial charge < -0.3 is 0 Å². The molecule has 2 aromatic heterocycles. The molecule has 5 aromatic rings. The molecular weight excluding hydrogens is 436 g/mol. The van der Waals surface area contributed by atoms with Crippen LogP contribution in [0.4, 0.5) is 14.6 Å². The summed E-state index contributed by atoms with van der Waals surface area (Å²) in [4.78, 5) is 4.43. The molecule has 0 radical (unpaired) electrons. The molecule has 0 unspecified atom stereocenters. The third-order valence-electron chi connectivity index (χ3n) is 5.08. The number of sulfonamides is 1. The maximum absolute atomic E-state index is 13.4. The molecule has 32 heavy (non-hydrogen) atoms. The fourth-order valence-corrected chi connectivity index (χ4v) is 4.59. The van der Waals surface area contributed by atoms with E-state index in [4.69, 9.17) is 0 Å². The molecule has 0 bridgehead atoms. The molecule has 0 atom stereocenters. The zero-order valence-corrected chi connectivity index (χ0v) is 17.5. The number of nitrogens with zero attached hydrogens (tertiary/aromatic N) is 5. The van der Waals surface area contributed by atoms with E-state index in [-0.39, 0.29) is 22.2 Å².